The van der Waals surface area contributed by atoms with Gasteiger partial charge in [-0.1, -0.05) is 32.9 Å². The van der Waals surface area contributed by atoms with Crippen LogP contribution >= 0.6 is 0 Å². The van der Waals surface area contributed by atoms with Gasteiger partial charge in [0.15, 0.2) is 0 Å². The minimum atomic E-state index is -0.0135. The zero-order valence-corrected chi connectivity index (χ0v) is 17.1. The number of hydrogen-bond donors (Lipinski definition) is 1. The van der Waals surface area contributed by atoms with E-state index in [2.05, 4.69) is 36.1 Å². The number of nitrogens with one attached hydrogen (secondary N) is 1. The Morgan fingerprint density at radius 1 is 1.00 bits per heavy atom. The molecule has 0 unspecified atom stereocenters. The standard InChI is InChI=1S/C22H29N3O3/c1-22(2,3)16-7-5-15(6-8-16)19(26)25-17-9-11-18(12-10-17)28-21-20(27-4)23-13-14-24-21/h5-8,13-14,17-18H,9-12H2,1-4H3,(H,25,26). The lowest BCUT2D eigenvalue weighted by atomic mass is 9.86. The summed E-state index contributed by atoms with van der Waals surface area (Å²) >= 11 is 0. The monoisotopic (exact) mass is 383 g/mol. The van der Waals surface area contributed by atoms with Gasteiger partial charge in [-0.3, -0.25) is 4.79 Å². The molecular weight excluding hydrogens is 354 g/mol. The number of carbonyl (C=O) groups is 1. The summed E-state index contributed by atoms with van der Waals surface area (Å²) in [5, 5.41) is 3.15. The van der Waals surface area contributed by atoms with Gasteiger partial charge in [-0.2, -0.15) is 0 Å². The van der Waals surface area contributed by atoms with Crippen molar-refractivity contribution >= 4 is 5.91 Å². The number of hydrogen-bond acceptors (Lipinski definition) is 5. The highest BCUT2D eigenvalue weighted by Gasteiger charge is 2.25. The van der Waals surface area contributed by atoms with Crippen LogP contribution in [0, 0.1) is 0 Å². The number of amides is 1. The second kappa shape index (κ2) is 8.59. The first-order chi connectivity index (χ1) is 13.4. The second-order valence-corrected chi connectivity index (χ2v) is 8.26. The number of carbonyl (C=O) groups excluding carboxylic acids is 1. The van der Waals surface area contributed by atoms with E-state index in [1.165, 1.54) is 5.56 Å². The molecule has 1 saturated carbocycles. The van der Waals surface area contributed by atoms with Gasteiger partial charge in [0.2, 0.25) is 0 Å². The Morgan fingerprint density at radius 2 is 1.61 bits per heavy atom. The van der Waals surface area contributed by atoms with Crippen molar-refractivity contribution in [1.29, 1.82) is 0 Å². The molecule has 1 fully saturated rings. The Bertz CT molecular complexity index is 791. The molecule has 1 N–H and O–H groups in total. The first-order valence-corrected chi connectivity index (χ1v) is 9.80. The van der Waals surface area contributed by atoms with Gasteiger partial charge in [0, 0.05) is 24.0 Å². The first kappa shape index (κ1) is 20.1. The van der Waals surface area contributed by atoms with Crippen LogP contribution in [0.5, 0.6) is 11.8 Å². The average molecular weight is 383 g/mol. The molecule has 0 radical (unpaired) electrons. The van der Waals surface area contributed by atoms with Crippen molar-refractivity contribution in [3.05, 3.63) is 47.8 Å². The van der Waals surface area contributed by atoms with E-state index in [9.17, 15) is 4.79 Å². The molecule has 1 amide bonds. The van der Waals surface area contributed by atoms with Gasteiger partial charge in [0.25, 0.3) is 17.7 Å². The van der Waals surface area contributed by atoms with Crippen LogP contribution < -0.4 is 14.8 Å². The maximum atomic E-state index is 12.6. The summed E-state index contributed by atoms with van der Waals surface area (Å²) in [7, 11) is 1.55. The first-order valence-electron chi connectivity index (χ1n) is 9.80. The highest BCUT2D eigenvalue weighted by atomic mass is 16.5. The van der Waals surface area contributed by atoms with Crippen LogP contribution in [0.1, 0.15) is 62.4 Å². The van der Waals surface area contributed by atoms with E-state index in [0.29, 0.717) is 17.3 Å². The number of ether oxygens (including phenoxy) is 2. The Balaban J connectivity index is 1.50. The molecule has 2 aromatic rings. The highest BCUT2D eigenvalue weighted by Crippen LogP contribution is 2.27. The molecule has 1 aromatic heterocycles. The van der Waals surface area contributed by atoms with E-state index in [-0.39, 0.29) is 23.5 Å². The molecule has 3 rings (SSSR count). The Morgan fingerprint density at radius 3 is 2.18 bits per heavy atom. The topological polar surface area (TPSA) is 73.3 Å². The van der Waals surface area contributed by atoms with Gasteiger partial charge in [0.1, 0.15) is 6.10 Å². The van der Waals surface area contributed by atoms with Crippen molar-refractivity contribution < 1.29 is 14.3 Å². The molecule has 6 heteroatoms. The molecule has 150 valence electrons. The third kappa shape index (κ3) is 5.00. The summed E-state index contributed by atoms with van der Waals surface area (Å²) in [6.07, 6.45) is 6.69. The molecule has 1 aliphatic carbocycles. The molecule has 1 aliphatic rings. The molecule has 28 heavy (non-hydrogen) atoms. The summed E-state index contributed by atoms with van der Waals surface area (Å²) in [5.41, 5.74) is 2.01. The van der Waals surface area contributed by atoms with Crippen LogP contribution in [-0.4, -0.2) is 35.1 Å². The van der Waals surface area contributed by atoms with E-state index < -0.39 is 0 Å². The summed E-state index contributed by atoms with van der Waals surface area (Å²) in [4.78, 5) is 20.9. The van der Waals surface area contributed by atoms with Crippen molar-refractivity contribution in [3.63, 3.8) is 0 Å². The van der Waals surface area contributed by atoms with Crippen molar-refractivity contribution in [2.75, 3.05) is 7.11 Å². The molecular formula is C22H29N3O3. The van der Waals surface area contributed by atoms with Crippen molar-refractivity contribution in [1.82, 2.24) is 15.3 Å². The Kier molecular flexibility index (Phi) is 6.17. The fourth-order valence-electron chi connectivity index (χ4n) is 3.41. The number of methoxy groups -OCH3 is 1. The molecule has 0 atom stereocenters. The van der Waals surface area contributed by atoms with Gasteiger partial charge in [0.05, 0.1) is 7.11 Å². The molecule has 1 aromatic carbocycles. The van der Waals surface area contributed by atoms with E-state index in [1.54, 1.807) is 19.5 Å². The van der Waals surface area contributed by atoms with Gasteiger partial charge < -0.3 is 14.8 Å². The predicted octanol–water partition coefficient (Wildman–Crippen LogP) is 3.90. The van der Waals surface area contributed by atoms with E-state index in [4.69, 9.17) is 9.47 Å². The second-order valence-electron chi connectivity index (χ2n) is 8.26. The van der Waals surface area contributed by atoms with Crippen LogP contribution in [0.4, 0.5) is 0 Å². The van der Waals surface area contributed by atoms with Crippen LogP contribution in [0.25, 0.3) is 0 Å². The zero-order chi connectivity index (χ0) is 20.1. The van der Waals surface area contributed by atoms with Crippen LogP contribution in [0.15, 0.2) is 36.7 Å². The number of aromatic nitrogens is 2. The van der Waals surface area contributed by atoms with Crippen LogP contribution in [0.2, 0.25) is 0 Å². The van der Waals surface area contributed by atoms with Gasteiger partial charge in [-0.05, 0) is 48.8 Å². The van der Waals surface area contributed by atoms with Crippen molar-refractivity contribution in [2.45, 2.75) is 64.0 Å². The van der Waals surface area contributed by atoms with Crippen molar-refractivity contribution in [2.24, 2.45) is 0 Å². The van der Waals surface area contributed by atoms with E-state index >= 15 is 0 Å². The lowest BCUT2D eigenvalue weighted by Gasteiger charge is -2.29. The van der Waals surface area contributed by atoms with Gasteiger partial charge in [-0.25, -0.2) is 9.97 Å². The fourth-order valence-corrected chi connectivity index (χ4v) is 3.41. The SMILES string of the molecule is COc1nccnc1OC1CCC(NC(=O)c2ccc(C(C)(C)C)cc2)CC1. The van der Waals surface area contributed by atoms with Gasteiger partial charge >= 0.3 is 0 Å². The molecule has 6 nitrogen and oxygen atoms in total. The third-order valence-corrected chi connectivity index (χ3v) is 5.13. The lowest BCUT2D eigenvalue weighted by Crippen LogP contribution is -2.39. The quantitative estimate of drug-likeness (QED) is 0.848. The lowest BCUT2D eigenvalue weighted by molar-refractivity contribution is 0.0886. The van der Waals surface area contributed by atoms with E-state index in [0.717, 1.165) is 25.7 Å². The average Bonchev–Trinajstić information content (AvgIpc) is 2.69. The summed E-state index contributed by atoms with van der Waals surface area (Å²) in [6.45, 7) is 6.50. The summed E-state index contributed by atoms with van der Waals surface area (Å²) in [5.74, 6) is 0.813. The van der Waals surface area contributed by atoms with Crippen LogP contribution in [-0.2, 0) is 5.41 Å². The molecule has 0 saturated heterocycles. The highest BCUT2D eigenvalue weighted by molar-refractivity contribution is 5.94. The maximum Gasteiger partial charge on any atom is 0.278 e. The summed E-state index contributed by atoms with van der Waals surface area (Å²) in [6, 6.07) is 8.05. The predicted molar refractivity (Wildman–Crippen MR) is 108 cm³/mol. The minimum Gasteiger partial charge on any atom is -0.477 e. The fraction of sp³-hybridized carbons (Fsp3) is 0.500. The Labute approximate surface area is 166 Å². The molecule has 0 aliphatic heterocycles. The normalized spacial score (nSPS) is 19.7. The summed E-state index contributed by atoms with van der Waals surface area (Å²) < 4.78 is 11.1. The largest absolute Gasteiger partial charge is 0.477 e. The van der Waals surface area contributed by atoms with Crippen LogP contribution in [0.3, 0.4) is 0 Å². The maximum absolute atomic E-state index is 12.6. The Hall–Kier alpha value is -2.63. The molecule has 0 spiro atoms. The smallest absolute Gasteiger partial charge is 0.278 e. The minimum absolute atomic E-state index is 0.0135. The number of rotatable bonds is 5. The zero-order valence-electron chi connectivity index (χ0n) is 17.1. The van der Waals surface area contributed by atoms with E-state index in [1.807, 2.05) is 24.3 Å². The molecule has 0 bridgehead atoms. The van der Waals surface area contributed by atoms with Gasteiger partial charge in [-0.15, -0.1) is 0 Å². The third-order valence-electron chi connectivity index (χ3n) is 5.13. The van der Waals surface area contributed by atoms with Crippen molar-refractivity contribution in [3.8, 4) is 11.8 Å². The molecule has 1 heterocycles. The number of benzene rings is 1. The number of nitrogens with zero attached hydrogens (tertiary/aromatic N) is 2.